The van der Waals surface area contributed by atoms with Gasteiger partial charge in [0.2, 0.25) is 0 Å². The zero-order valence-corrected chi connectivity index (χ0v) is 13.2. The van der Waals surface area contributed by atoms with Gasteiger partial charge in [0.25, 0.3) is 0 Å². The first-order chi connectivity index (χ1) is 7.21. The molecule has 0 nitrogen and oxygen atoms in total. The molecule has 0 aromatic carbocycles. The topological polar surface area (TPSA) is 0 Å². The molecule has 0 aliphatic heterocycles. The van der Waals surface area contributed by atoms with Gasteiger partial charge in [-0.3, -0.25) is 0 Å². The van der Waals surface area contributed by atoms with E-state index in [0.29, 0.717) is 0 Å². The van der Waals surface area contributed by atoms with E-state index in [0.717, 1.165) is 7.93 Å². The third-order valence-corrected chi connectivity index (χ3v) is 18.5. The van der Waals surface area contributed by atoms with Gasteiger partial charge in [-0.15, -0.1) is 0 Å². The van der Waals surface area contributed by atoms with Crippen LogP contribution in [0.3, 0.4) is 0 Å². The SMILES string of the molecule is Cl[Te](Cl)(C1CCCCC1)C1CCCCC1. The quantitative estimate of drug-likeness (QED) is 0.561. The molecule has 0 aromatic rings. The molecule has 0 N–H and O–H groups in total. The van der Waals surface area contributed by atoms with E-state index in [1.54, 1.807) is 0 Å². The zero-order valence-electron chi connectivity index (χ0n) is 9.39. The van der Waals surface area contributed by atoms with Crippen molar-refractivity contribution in [3.63, 3.8) is 0 Å². The Morgan fingerprint density at radius 2 is 0.933 bits per heavy atom. The van der Waals surface area contributed by atoms with Gasteiger partial charge in [-0.25, -0.2) is 0 Å². The summed E-state index contributed by atoms with van der Waals surface area (Å²) in [7, 11) is 13.7. The fraction of sp³-hybridized carbons (Fsp3) is 1.00. The number of hydrogen-bond donors (Lipinski definition) is 0. The summed E-state index contributed by atoms with van der Waals surface area (Å²) in [5, 5.41) is 0. The van der Waals surface area contributed by atoms with Crippen LogP contribution in [0.1, 0.15) is 64.2 Å². The van der Waals surface area contributed by atoms with Gasteiger partial charge in [-0.1, -0.05) is 0 Å². The van der Waals surface area contributed by atoms with E-state index in [1.165, 1.54) is 64.2 Å². The van der Waals surface area contributed by atoms with Gasteiger partial charge in [0.05, 0.1) is 0 Å². The molecule has 0 saturated heterocycles. The first-order valence-electron chi connectivity index (χ1n) is 6.41. The van der Waals surface area contributed by atoms with Crippen molar-refractivity contribution in [3.05, 3.63) is 0 Å². The van der Waals surface area contributed by atoms with Crippen molar-refractivity contribution < 1.29 is 0 Å². The summed E-state index contributed by atoms with van der Waals surface area (Å²) >= 11 is -2.52. The summed E-state index contributed by atoms with van der Waals surface area (Å²) in [4.78, 5) is 0. The van der Waals surface area contributed by atoms with Crippen LogP contribution in [0.5, 0.6) is 0 Å². The van der Waals surface area contributed by atoms with Crippen molar-refractivity contribution in [1.82, 2.24) is 0 Å². The number of rotatable bonds is 2. The zero-order chi connectivity index (χ0) is 10.7. The molecule has 3 heteroatoms. The Balaban J connectivity index is 1.96. The van der Waals surface area contributed by atoms with E-state index >= 15 is 0 Å². The second-order valence-corrected chi connectivity index (χ2v) is 19.9. The van der Waals surface area contributed by atoms with E-state index in [9.17, 15) is 0 Å². The molecular weight excluding hydrogens is 343 g/mol. The predicted molar refractivity (Wildman–Crippen MR) is 71.1 cm³/mol. The second-order valence-electron chi connectivity index (χ2n) is 5.07. The van der Waals surface area contributed by atoms with Crippen molar-refractivity contribution in [2.45, 2.75) is 72.1 Å². The summed E-state index contributed by atoms with van der Waals surface area (Å²) in [6, 6.07) is 0. The maximum atomic E-state index is 6.85. The fourth-order valence-electron chi connectivity index (χ4n) is 3.03. The van der Waals surface area contributed by atoms with E-state index in [1.807, 2.05) is 0 Å². The van der Waals surface area contributed by atoms with Crippen LogP contribution >= 0.6 is 17.9 Å². The summed E-state index contributed by atoms with van der Waals surface area (Å²) in [6.07, 6.45) is 13.7. The van der Waals surface area contributed by atoms with Gasteiger partial charge >= 0.3 is 106 Å². The van der Waals surface area contributed by atoms with Gasteiger partial charge in [0, 0.05) is 0 Å². The van der Waals surface area contributed by atoms with Gasteiger partial charge < -0.3 is 0 Å². The molecule has 90 valence electrons. The van der Waals surface area contributed by atoms with Crippen molar-refractivity contribution >= 4 is 33.9 Å². The van der Waals surface area contributed by atoms with Crippen molar-refractivity contribution in [1.29, 1.82) is 0 Å². The van der Waals surface area contributed by atoms with Gasteiger partial charge in [0.1, 0.15) is 0 Å². The first kappa shape index (κ1) is 12.8. The maximum absolute atomic E-state index is 6.85. The molecule has 2 fully saturated rings. The summed E-state index contributed by atoms with van der Waals surface area (Å²) in [5.41, 5.74) is 0. The third kappa shape index (κ3) is 3.18. The molecule has 0 aromatic heterocycles. The minimum atomic E-state index is -2.52. The van der Waals surface area contributed by atoms with Crippen molar-refractivity contribution in [2.24, 2.45) is 0 Å². The molecule has 0 amide bonds. The molecule has 15 heavy (non-hydrogen) atoms. The van der Waals surface area contributed by atoms with Gasteiger partial charge in [-0.05, 0) is 0 Å². The van der Waals surface area contributed by atoms with E-state index < -0.39 is 15.9 Å². The molecule has 0 radical (unpaired) electrons. The normalized spacial score (nSPS) is 27.9. The molecule has 2 aliphatic rings. The molecule has 0 atom stereocenters. The van der Waals surface area contributed by atoms with Crippen LogP contribution in [0.25, 0.3) is 0 Å². The Kier molecular flexibility index (Phi) is 4.97. The molecule has 0 unspecified atom stereocenters. The molecule has 0 spiro atoms. The Morgan fingerprint density at radius 3 is 1.27 bits per heavy atom. The van der Waals surface area contributed by atoms with Crippen LogP contribution in [0.4, 0.5) is 0 Å². The molecular formula is C12H22Cl2Te. The van der Waals surface area contributed by atoms with Crippen LogP contribution in [0.15, 0.2) is 0 Å². The number of hydrogen-bond acceptors (Lipinski definition) is 0. The first-order valence-corrected chi connectivity index (χ1v) is 15.0. The molecule has 2 rings (SSSR count). The van der Waals surface area contributed by atoms with Crippen molar-refractivity contribution in [3.8, 4) is 0 Å². The third-order valence-electron chi connectivity index (χ3n) is 3.99. The standard InChI is InChI=1S/C12H22Cl2Te/c13-15(14,11-7-3-1-4-8-11)12-9-5-2-6-10-12/h11-12H,1-10H2. The number of halogens is 2. The Labute approximate surface area is 105 Å². The average molecular weight is 365 g/mol. The van der Waals surface area contributed by atoms with E-state index in [2.05, 4.69) is 0 Å². The summed E-state index contributed by atoms with van der Waals surface area (Å²) in [5.74, 6) is 0. The monoisotopic (exact) mass is 366 g/mol. The van der Waals surface area contributed by atoms with Crippen LogP contribution < -0.4 is 0 Å². The second kappa shape index (κ2) is 5.81. The Bertz CT molecular complexity index is 174. The predicted octanol–water partition coefficient (Wildman–Crippen LogP) is 5.57. The summed E-state index contributed by atoms with van der Waals surface area (Å²) in [6.45, 7) is 0. The van der Waals surface area contributed by atoms with E-state index in [4.69, 9.17) is 17.9 Å². The summed E-state index contributed by atoms with van der Waals surface area (Å²) < 4.78 is 1.51. The van der Waals surface area contributed by atoms with Crippen LogP contribution in [0.2, 0.25) is 7.93 Å². The Morgan fingerprint density at radius 1 is 0.600 bits per heavy atom. The minimum absolute atomic E-state index is 0.757. The molecule has 0 bridgehead atoms. The Hall–Kier alpha value is 1.37. The molecule has 2 aliphatic carbocycles. The fourth-order valence-corrected chi connectivity index (χ4v) is 14.9. The molecule has 0 heterocycles. The van der Waals surface area contributed by atoms with Crippen LogP contribution in [0, 0.1) is 0 Å². The van der Waals surface area contributed by atoms with Crippen LogP contribution in [-0.4, -0.2) is 15.9 Å². The average Bonchev–Trinajstić information content (AvgIpc) is 2.31. The van der Waals surface area contributed by atoms with E-state index in [-0.39, 0.29) is 0 Å². The van der Waals surface area contributed by atoms with Gasteiger partial charge in [-0.2, -0.15) is 0 Å². The molecule has 2 saturated carbocycles. The van der Waals surface area contributed by atoms with Crippen LogP contribution in [-0.2, 0) is 0 Å². The van der Waals surface area contributed by atoms with Gasteiger partial charge in [0.15, 0.2) is 0 Å². The van der Waals surface area contributed by atoms with Crippen molar-refractivity contribution in [2.75, 3.05) is 0 Å².